The zero-order valence-corrected chi connectivity index (χ0v) is 27.7. The summed E-state index contributed by atoms with van der Waals surface area (Å²) >= 11 is 18.9. The smallest absolute Gasteiger partial charge is 0.417 e. The molecule has 4 amide bonds. The predicted octanol–water partition coefficient (Wildman–Crippen LogP) is 6.77. The average Bonchev–Trinajstić information content (AvgIpc) is 3.43. The van der Waals surface area contributed by atoms with Gasteiger partial charge in [-0.05, 0) is 67.6 Å². The van der Waals surface area contributed by atoms with Crippen LogP contribution in [0.5, 0.6) is 5.75 Å². The van der Waals surface area contributed by atoms with Crippen LogP contribution in [0.2, 0.25) is 15.1 Å². The number of hydrogen-bond acceptors (Lipinski definition) is 7. The number of alkyl halides is 3. The second kappa shape index (κ2) is 11.7. The van der Waals surface area contributed by atoms with E-state index >= 15 is 4.79 Å². The molecule has 1 aromatic heterocycles. The van der Waals surface area contributed by atoms with E-state index in [-0.39, 0.29) is 53.4 Å². The van der Waals surface area contributed by atoms with E-state index in [9.17, 15) is 32.7 Å². The maximum absolute atomic E-state index is 15.1. The quantitative estimate of drug-likeness (QED) is 0.220. The normalized spacial score (nSPS) is 28.0. The number of allylic oxidation sites excluding steroid dienone is 2. The van der Waals surface area contributed by atoms with Crippen molar-refractivity contribution in [2.24, 2.45) is 23.7 Å². The second-order valence-corrected chi connectivity index (χ2v) is 13.8. The third-order valence-electron chi connectivity index (χ3n) is 10.3. The SMILES string of the molecule is CCN1C(=O)C2CC=C3C(CC4C(=O)N(Nc5ncc(C(F)(F)F)cc5Cl)C(=O)C4(c4ccc(Cl)cc4)C3c3cc(Cl)ccc3O)C2C1=O. The fourth-order valence-corrected chi connectivity index (χ4v) is 8.78. The molecule has 0 bridgehead atoms. The number of rotatable bonds is 5. The number of hydrogen-bond donors (Lipinski definition) is 2. The maximum atomic E-state index is 15.1. The third-order valence-corrected chi connectivity index (χ3v) is 11.0. The molecule has 3 aromatic rings. The molecule has 3 fully saturated rings. The highest BCUT2D eigenvalue weighted by molar-refractivity contribution is 6.33. The number of fused-ring (bicyclic) bond motifs is 4. The predicted molar refractivity (Wildman–Crippen MR) is 172 cm³/mol. The highest BCUT2D eigenvalue weighted by atomic mass is 35.5. The number of aromatic hydroxyl groups is 1. The number of pyridine rings is 1. The first-order valence-corrected chi connectivity index (χ1v) is 16.5. The van der Waals surface area contributed by atoms with Gasteiger partial charge in [-0.3, -0.25) is 29.5 Å². The summed E-state index contributed by atoms with van der Waals surface area (Å²) in [6.07, 6.45) is -2.26. The van der Waals surface area contributed by atoms with Crippen molar-refractivity contribution in [3.63, 3.8) is 0 Å². The molecule has 0 spiro atoms. The average molecular weight is 734 g/mol. The van der Waals surface area contributed by atoms with Crippen LogP contribution >= 0.6 is 34.8 Å². The van der Waals surface area contributed by atoms with Crippen molar-refractivity contribution in [2.75, 3.05) is 12.0 Å². The maximum Gasteiger partial charge on any atom is 0.417 e. The molecular formula is C34H26Cl3F3N4O5. The number of likely N-dealkylation sites (tertiary alicyclic amines) is 1. The molecule has 2 aliphatic carbocycles. The Balaban J connectivity index is 1.45. The molecule has 254 valence electrons. The number of nitrogens with one attached hydrogen (secondary N) is 1. The minimum Gasteiger partial charge on any atom is -0.508 e. The van der Waals surface area contributed by atoms with Gasteiger partial charge in [0.2, 0.25) is 11.8 Å². The van der Waals surface area contributed by atoms with Gasteiger partial charge in [0.25, 0.3) is 11.8 Å². The molecule has 2 aliphatic heterocycles. The highest BCUT2D eigenvalue weighted by Gasteiger charge is 2.70. The van der Waals surface area contributed by atoms with Gasteiger partial charge in [-0.25, -0.2) is 4.98 Å². The van der Waals surface area contributed by atoms with Gasteiger partial charge in [0.15, 0.2) is 5.82 Å². The first-order chi connectivity index (χ1) is 23.2. The fraction of sp³-hybridized carbons (Fsp3) is 0.324. The van der Waals surface area contributed by atoms with E-state index in [0.717, 1.165) is 0 Å². The number of phenols is 1. The van der Waals surface area contributed by atoms with Crippen molar-refractivity contribution in [2.45, 2.75) is 37.3 Å². The number of halogens is 6. The van der Waals surface area contributed by atoms with Crippen LogP contribution in [0.15, 0.2) is 66.4 Å². The molecule has 2 N–H and O–H groups in total. The summed E-state index contributed by atoms with van der Waals surface area (Å²) in [6, 6.07) is 11.2. The molecule has 9 nitrogen and oxygen atoms in total. The summed E-state index contributed by atoms with van der Waals surface area (Å²) < 4.78 is 40.1. The van der Waals surface area contributed by atoms with Gasteiger partial charge in [0.1, 0.15) is 5.75 Å². The number of carbonyl (C=O) groups is 4. The van der Waals surface area contributed by atoms with E-state index in [4.69, 9.17) is 34.8 Å². The number of amides is 4. The van der Waals surface area contributed by atoms with Gasteiger partial charge in [-0.15, -0.1) is 0 Å². The molecule has 3 heterocycles. The van der Waals surface area contributed by atoms with Crippen molar-refractivity contribution < 1.29 is 37.5 Å². The Morgan fingerprint density at radius 3 is 2.31 bits per heavy atom. The minimum absolute atomic E-state index is 0.0407. The number of carbonyl (C=O) groups excluding carboxylic acids is 4. The number of hydrazine groups is 1. The van der Waals surface area contributed by atoms with E-state index in [0.29, 0.717) is 33.4 Å². The summed E-state index contributed by atoms with van der Waals surface area (Å²) in [7, 11) is 0. The molecule has 7 rings (SSSR count). The van der Waals surface area contributed by atoms with Crippen LogP contribution in [-0.2, 0) is 30.8 Å². The van der Waals surface area contributed by atoms with E-state index in [1.165, 1.54) is 23.1 Å². The lowest BCUT2D eigenvalue weighted by Gasteiger charge is -2.50. The Bertz CT molecular complexity index is 1970. The lowest BCUT2D eigenvalue weighted by atomic mass is 9.49. The Hall–Kier alpha value is -4.13. The molecule has 6 atom stereocenters. The van der Waals surface area contributed by atoms with Gasteiger partial charge in [-0.1, -0.05) is 58.6 Å². The van der Waals surface area contributed by atoms with Crippen LogP contribution in [0.1, 0.15) is 42.4 Å². The van der Waals surface area contributed by atoms with Crippen molar-refractivity contribution in [3.8, 4) is 5.75 Å². The summed E-state index contributed by atoms with van der Waals surface area (Å²) in [5.74, 6) is -7.36. The Labute approximate surface area is 292 Å². The van der Waals surface area contributed by atoms with Crippen LogP contribution in [0.4, 0.5) is 19.0 Å². The summed E-state index contributed by atoms with van der Waals surface area (Å²) in [6.45, 7) is 1.86. The monoisotopic (exact) mass is 732 g/mol. The fourth-order valence-electron chi connectivity index (χ4n) is 8.26. The Morgan fingerprint density at radius 2 is 1.65 bits per heavy atom. The van der Waals surface area contributed by atoms with Crippen molar-refractivity contribution >= 4 is 64.2 Å². The minimum atomic E-state index is -4.75. The number of anilines is 1. The van der Waals surface area contributed by atoms with Gasteiger partial charge < -0.3 is 5.11 Å². The van der Waals surface area contributed by atoms with Crippen LogP contribution in [0.3, 0.4) is 0 Å². The molecule has 6 unspecified atom stereocenters. The zero-order chi connectivity index (χ0) is 35.2. The largest absolute Gasteiger partial charge is 0.508 e. The number of nitrogens with zero attached hydrogens (tertiary/aromatic N) is 3. The topological polar surface area (TPSA) is 120 Å². The molecule has 15 heteroatoms. The van der Waals surface area contributed by atoms with Gasteiger partial charge in [-0.2, -0.15) is 18.2 Å². The molecule has 4 aliphatic rings. The molecule has 1 saturated carbocycles. The summed E-state index contributed by atoms with van der Waals surface area (Å²) in [5, 5.41) is 12.1. The number of imide groups is 2. The van der Waals surface area contributed by atoms with Gasteiger partial charge >= 0.3 is 6.18 Å². The third kappa shape index (κ3) is 4.93. The highest BCUT2D eigenvalue weighted by Crippen LogP contribution is 2.65. The van der Waals surface area contributed by atoms with Gasteiger partial charge in [0.05, 0.1) is 33.8 Å². The Kier molecular flexibility index (Phi) is 8.00. The van der Waals surface area contributed by atoms with E-state index in [2.05, 4.69) is 10.4 Å². The van der Waals surface area contributed by atoms with Crippen LogP contribution in [0.25, 0.3) is 0 Å². The molecule has 2 aromatic carbocycles. The first kappa shape index (κ1) is 33.4. The number of phenolic OH excluding ortho intramolecular Hbond substituents is 1. The molecule has 49 heavy (non-hydrogen) atoms. The number of benzene rings is 2. The van der Waals surface area contributed by atoms with Gasteiger partial charge in [0, 0.05) is 34.3 Å². The molecule has 2 saturated heterocycles. The van der Waals surface area contributed by atoms with Crippen LogP contribution < -0.4 is 5.43 Å². The van der Waals surface area contributed by atoms with E-state index in [1.807, 2.05) is 6.08 Å². The molecular weight excluding hydrogens is 708 g/mol. The standard InChI is InChI=1S/C34H26Cl3F3N4O5/c1-2-43-29(46)20-9-8-19-21(26(20)31(43)48)13-23-30(47)44(42-28-24(37)11-16(14-41-28)34(38,39)40)32(49)33(23,15-3-5-17(35)6-4-15)27(19)22-12-18(36)7-10-25(22)45/h3-8,10-12,14,20-21,23,26-27,45H,2,9,13H2,1H3,(H,41,42). The number of aromatic nitrogens is 1. The van der Waals surface area contributed by atoms with E-state index in [1.54, 1.807) is 31.2 Å². The van der Waals surface area contributed by atoms with Crippen LogP contribution in [0, 0.1) is 23.7 Å². The van der Waals surface area contributed by atoms with Crippen molar-refractivity contribution in [1.82, 2.24) is 14.9 Å². The summed E-state index contributed by atoms with van der Waals surface area (Å²) in [4.78, 5) is 61.8. The summed E-state index contributed by atoms with van der Waals surface area (Å²) in [5.41, 5.74) is 0.787. The lowest BCUT2D eigenvalue weighted by molar-refractivity contribution is -0.141. The van der Waals surface area contributed by atoms with Crippen molar-refractivity contribution in [3.05, 3.63) is 98.1 Å². The van der Waals surface area contributed by atoms with Crippen LogP contribution in [-0.4, -0.2) is 50.2 Å². The van der Waals surface area contributed by atoms with Crippen molar-refractivity contribution in [1.29, 1.82) is 0 Å². The molecule has 0 radical (unpaired) electrons. The van der Waals surface area contributed by atoms with E-state index < -0.39 is 63.6 Å². The Morgan fingerprint density at radius 1 is 0.959 bits per heavy atom. The first-order valence-electron chi connectivity index (χ1n) is 15.4. The lowest BCUT2D eigenvalue weighted by Crippen LogP contribution is -2.53. The second-order valence-electron chi connectivity index (χ2n) is 12.5. The zero-order valence-electron chi connectivity index (χ0n) is 25.5.